The van der Waals surface area contributed by atoms with Crippen molar-refractivity contribution < 1.29 is 18.8 Å². The molecule has 3 amide bonds. The van der Waals surface area contributed by atoms with E-state index in [9.17, 15) is 14.4 Å². The number of hydrogen-bond acceptors (Lipinski definition) is 4. The lowest BCUT2D eigenvalue weighted by molar-refractivity contribution is -0.120. The number of hydrogen-bond donors (Lipinski definition) is 3. The molecular weight excluding hydrogens is 430 g/mol. The molecule has 0 atom stereocenters. The minimum Gasteiger partial charge on any atom is -0.459 e. The first kappa shape index (κ1) is 22.5. The monoisotopic (exact) mass is 453 g/mol. The maximum atomic E-state index is 12.3. The number of carbonyl (C=O) groups excluding carboxylic acids is 3. The molecule has 1 aromatic heterocycles. The van der Waals surface area contributed by atoms with E-state index in [2.05, 4.69) is 16.0 Å². The molecule has 0 radical (unpaired) electrons. The van der Waals surface area contributed by atoms with Crippen LogP contribution in [0.5, 0.6) is 0 Å². The van der Waals surface area contributed by atoms with Crippen LogP contribution < -0.4 is 16.0 Å². The van der Waals surface area contributed by atoms with Crippen LogP contribution in [0.2, 0.25) is 0 Å². The predicted molar refractivity (Wildman–Crippen MR) is 129 cm³/mol. The second kappa shape index (κ2) is 10.8. The van der Waals surface area contributed by atoms with E-state index in [4.69, 9.17) is 4.42 Å². The molecule has 3 aromatic carbocycles. The van der Waals surface area contributed by atoms with Gasteiger partial charge in [-0.1, -0.05) is 54.6 Å². The average Bonchev–Trinajstić information content (AvgIpc) is 3.43. The Labute approximate surface area is 196 Å². The molecule has 0 aliphatic rings. The summed E-state index contributed by atoms with van der Waals surface area (Å²) >= 11 is 0. The zero-order valence-electron chi connectivity index (χ0n) is 18.3. The molecule has 7 nitrogen and oxygen atoms in total. The first-order valence-electron chi connectivity index (χ1n) is 10.7. The third kappa shape index (κ3) is 5.98. The standard InChI is InChI=1S/C27H23N3O4/c31-25(18-29-26(32)22-12-10-21(11-13-22)20-5-2-1-3-6-20)28-17-19-8-14-23(15-9-19)30-27(33)24-7-4-16-34-24/h1-16H,17-18H2,(H,28,31)(H,29,32)(H,30,33). The minimum absolute atomic E-state index is 0.128. The molecule has 7 heteroatoms. The lowest BCUT2D eigenvalue weighted by Gasteiger charge is -2.09. The maximum Gasteiger partial charge on any atom is 0.291 e. The van der Waals surface area contributed by atoms with Crippen molar-refractivity contribution >= 4 is 23.4 Å². The van der Waals surface area contributed by atoms with Crippen LogP contribution >= 0.6 is 0 Å². The summed E-state index contributed by atoms with van der Waals surface area (Å²) in [4.78, 5) is 36.5. The van der Waals surface area contributed by atoms with E-state index in [-0.39, 0.29) is 30.0 Å². The topological polar surface area (TPSA) is 100 Å². The Morgan fingerprint density at radius 3 is 2.06 bits per heavy atom. The van der Waals surface area contributed by atoms with Gasteiger partial charge in [0.15, 0.2) is 5.76 Å². The zero-order valence-corrected chi connectivity index (χ0v) is 18.3. The summed E-state index contributed by atoms with van der Waals surface area (Å²) in [6.45, 7) is 0.170. The highest BCUT2D eigenvalue weighted by atomic mass is 16.3. The number of furan rings is 1. The first-order chi connectivity index (χ1) is 16.6. The van der Waals surface area contributed by atoms with Crippen molar-refractivity contribution in [3.8, 4) is 11.1 Å². The van der Waals surface area contributed by atoms with Gasteiger partial charge < -0.3 is 20.4 Å². The average molecular weight is 453 g/mol. The quantitative estimate of drug-likeness (QED) is 0.371. The van der Waals surface area contributed by atoms with Crippen molar-refractivity contribution in [1.29, 1.82) is 0 Å². The van der Waals surface area contributed by atoms with Crippen LogP contribution in [0, 0.1) is 0 Å². The third-order valence-electron chi connectivity index (χ3n) is 5.11. The Balaban J connectivity index is 1.21. The SMILES string of the molecule is O=C(CNC(=O)c1ccc(-c2ccccc2)cc1)NCc1ccc(NC(=O)c2ccco2)cc1. The fourth-order valence-electron chi connectivity index (χ4n) is 3.28. The van der Waals surface area contributed by atoms with E-state index in [0.717, 1.165) is 16.7 Å². The molecule has 0 saturated heterocycles. The van der Waals surface area contributed by atoms with Crippen LogP contribution in [-0.4, -0.2) is 24.3 Å². The summed E-state index contributed by atoms with van der Waals surface area (Å²) in [6, 6.07) is 27.4. The van der Waals surface area contributed by atoms with Gasteiger partial charge in [0.2, 0.25) is 5.91 Å². The highest BCUT2D eigenvalue weighted by Crippen LogP contribution is 2.19. The summed E-state index contributed by atoms with van der Waals surface area (Å²) in [6.07, 6.45) is 1.44. The Morgan fingerprint density at radius 2 is 1.38 bits per heavy atom. The smallest absolute Gasteiger partial charge is 0.291 e. The van der Waals surface area contributed by atoms with Crippen LogP contribution in [0.1, 0.15) is 26.5 Å². The molecule has 0 aliphatic heterocycles. The van der Waals surface area contributed by atoms with E-state index in [1.807, 2.05) is 42.5 Å². The molecular formula is C27H23N3O4. The van der Waals surface area contributed by atoms with E-state index in [0.29, 0.717) is 17.8 Å². The molecule has 4 aromatic rings. The third-order valence-corrected chi connectivity index (χ3v) is 5.11. The number of anilines is 1. The predicted octanol–water partition coefficient (Wildman–Crippen LogP) is 4.25. The van der Waals surface area contributed by atoms with Gasteiger partial charge in [-0.15, -0.1) is 0 Å². The maximum absolute atomic E-state index is 12.3. The molecule has 170 valence electrons. The molecule has 0 fully saturated rings. The van der Waals surface area contributed by atoms with Crippen molar-refractivity contribution in [2.24, 2.45) is 0 Å². The van der Waals surface area contributed by atoms with E-state index < -0.39 is 0 Å². The summed E-state index contributed by atoms with van der Waals surface area (Å²) in [5.41, 5.74) is 4.04. The molecule has 0 saturated carbocycles. The number of nitrogens with one attached hydrogen (secondary N) is 3. The van der Waals surface area contributed by atoms with Crippen LogP contribution in [0.25, 0.3) is 11.1 Å². The number of benzene rings is 3. The van der Waals surface area contributed by atoms with Gasteiger partial charge in [-0.25, -0.2) is 0 Å². The molecule has 3 N–H and O–H groups in total. The van der Waals surface area contributed by atoms with Gasteiger partial charge >= 0.3 is 0 Å². The minimum atomic E-state index is -0.337. The van der Waals surface area contributed by atoms with Crippen molar-refractivity contribution in [2.75, 3.05) is 11.9 Å². The van der Waals surface area contributed by atoms with Gasteiger partial charge in [-0.3, -0.25) is 14.4 Å². The lowest BCUT2D eigenvalue weighted by Crippen LogP contribution is -2.36. The highest BCUT2D eigenvalue weighted by Gasteiger charge is 2.10. The largest absolute Gasteiger partial charge is 0.459 e. The van der Waals surface area contributed by atoms with Gasteiger partial charge in [-0.2, -0.15) is 0 Å². The molecule has 0 spiro atoms. The van der Waals surface area contributed by atoms with Gasteiger partial charge in [0, 0.05) is 17.8 Å². The van der Waals surface area contributed by atoms with Gasteiger partial charge in [-0.05, 0) is 53.1 Å². The number of carbonyl (C=O) groups is 3. The van der Waals surface area contributed by atoms with Crippen LogP contribution in [-0.2, 0) is 11.3 Å². The van der Waals surface area contributed by atoms with E-state index >= 15 is 0 Å². The normalized spacial score (nSPS) is 10.4. The van der Waals surface area contributed by atoms with E-state index in [1.54, 1.807) is 48.5 Å². The van der Waals surface area contributed by atoms with Crippen LogP contribution in [0.4, 0.5) is 5.69 Å². The molecule has 4 rings (SSSR count). The second-order valence-corrected chi connectivity index (χ2v) is 7.53. The summed E-state index contributed by atoms with van der Waals surface area (Å²) in [5.74, 6) is -0.724. The Morgan fingerprint density at radius 1 is 0.676 bits per heavy atom. The first-order valence-corrected chi connectivity index (χ1v) is 10.7. The van der Waals surface area contributed by atoms with Crippen molar-refractivity contribution in [2.45, 2.75) is 6.54 Å². The van der Waals surface area contributed by atoms with E-state index in [1.165, 1.54) is 6.26 Å². The Bertz CT molecular complexity index is 1250. The summed E-state index contributed by atoms with van der Waals surface area (Å²) < 4.78 is 5.06. The second-order valence-electron chi connectivity index (χ2n) is 7.53. The summed E-state index contributed by atoms with van der Waals surface area (Å²) in [5, 5.41) is 8.12. The van der Waals surface area contributed by atoms with Crippen molar-refractivity contribution in [1.82, 2.24) is 10.6 Å². The lowest BCUT2D eigenvalue weighted by atomic mass is 10.0. The molecule has 1 heterocycles. The molecule has 0 bridgehead atoms. The van der Waals surface area contributed by atoms with Crippen LogP contribution in [0.15, 0.2) is 102 Å². The van der Waals surface area contributed by atoms with Gasteiger partial charge in [0.1, 0.15) is 0 Å². The highest BCUT2D eigenvalue weighted by molar-refractivity contribution is 6.02. The fourth-order valence-corrected chi connectivity index (χ4v) is 3.28. The number of rotatable bonds is 8. The fraction of sp³-hybridized carbons (Fsp3) is 0.0741. The Kier molecular flexibility index (Phi) is 7.15. The van der Waals surface area contributed by atoms with Gasteiger partial charge in [0.25, 0.3) is 11.8 Å². The Hall–Kier alpha value is -4.65. The molecule has 34 heavy (non-hydrogen) atoms. The van der Waals surface area contributed by atoms with Gasteiger partial charge in [0.05, 0.1) is 12.8 Å². The molecule has 0 aliphatic carbocycles. The van der Waals surface area contributed by atoms with Crippen molar-refractivity contribution in [3.63, 3.8) is 0 Å². The molecule has 0 unspecified atom stereocenters. The zero-order chi connectivity index (χ0) is 23.8. The van der Waals surface area contributed by atoms with Crippen molar-refractivity contribution in [3.05, 3.63) is 114 Å². The number of amides is 3. The summed E-state index contributed by atoms with van der Waals surface area (Å²) in [7, 11) is 0. The van der Waals surface area contributed by atoms with Crippen LogP contribution in [0.3, 0.4) is 0 Å².